The second-order valence-electron chi connectivity index (χ2n) is 2.47. The van der Waals surface area contributed by atoms with E-state index in [1.165, 1.54) is 0 Å². The van der Waals surface area contributed by atoms with Crippen LogP contribution in [0.1, 0.15) is 0 Å². The maximum Gasteiger partial charge on any atom is 0.328 e. The van der Waals surface area contributed by atoms with Crippen LogP contribution in [0.3, 0.4) is 0 Å². The molecule has 0 aromatic carbocycles. The first-order chi connectivity index (χ1) is 6.29. The van der Waals surface area contributed by atoms with Crippen LogP contribution >= 0.6 is 0 Å². The predicted octanol–water partition coefficient (Wildman–Crippen LogP) is 2.24. The minimum absolute atomic E-state index is 0.864. The molecule has 1 aliphatic rings. The monoisotopic (exact) mass is 174 g/mol. The van der Waals surface area contributed by atoms with E-state index in [-0.39, 0.29) is 0 Å². The molecule has 2 heteroatoms. The highest BCUT2D eigenvalue weighted by Gasteiger charge is 1.88. The smallest absolute Gasteiger partial charge is 0.328 e. The Morgan fingerprint density at radius 3 is 2.62 bits per heavy atom. The number of carbonyl (C=O) groups is 1. The number of carboxylic acids is 1. The second kappa shape index (κ2) is 4.93. The second-order valence-corrected chi connectivity index (χ2v) is 2.47. The molecular formula is C11H10O2. The molecule has 1 N–H and O–H groups in total. The van der Waals surface area contributed by atoms with Gasteiger partial charge in [-0.1, -0.05) is 42.5 Å². The van der Waals surface area contributed by atoms with Gasteiger partial charge in [0, 0.05) is 6.08 Å². The van der Waals surface area contributed by atoms with Gasteiger partial charge in [0.25, 0.3) is 0 Å². The Bertz CT molecular complexity index is 328. The van der Waals surface area contributed by atoms with Gasteiger partial charge in [-0.25, -0.2) is 4.79 Å². The Kier molecular flexibility index (Phi) is 3.51. The fourth-order valence-electron chi connectivity index (χ4n) is 0.860. The summed E-state index contributed by atoms with van der Waals surface area (Å²) >= 11 is 0. The fraction of sp³-hybridized carbons (Fsp3) is 0. The molecule has 0 spiro atoms. The molecule has 0 heterocycles. The molecule has 0 unspecified atom stereocenters. The van der Waals surface area contributed by atoms with Gasteiger partial charge >= 0.3 is 5.97 Å². The zero-order valence-corrected chi connectivity index (χ0v) is 7.05. The summed E-state index contributed by atoms with van der Waals surface area (Å²) in [5, 5.41) is 8.40. The van der Waals surface area contributed by atoms with Crippen LogP contribution in [0.15, 0.2) is 60.3 Å². The minimum atomic E-state index is -0.934. The number of carboxylic acid groups (broad SMARTS) is 1. The molecule has 1 rings (SSSR count). The molecule has 0 saturated heterocycles. The molecule has 0 aliphatic heterocycles. The normalized spacial score (nSPS) is 26.9. The maximum absolute atomic E-state index is 10.2. The summed E-state index contributed by atoms with van der Waals surface area (Å²) in [5.74, 6) is -0.934. The van der Waals surface area contributed by atoms with Crippen molar-refractivity contribution >= 4 is 5.97 Å². The summed E-state index contributed by atoms with van der Waals surface area (Å²) in [6.45, 7) is 0. The lowest BCUT2D eigenvalue weighted by Gasteiger charge is -1.91. The molecule has 0 aromatic heterocycles. The van der Waals surface area contributed by atoms with Crippen molar-refractivity contribution in [3.8, 4) is 0 Å². The summed E-state index contributed by atoms with van der Waals surface area (Å²) < 4.78 is 0. The average Bonchev–Trinajstić information content (AvgIpc) is 2.01. The lowest BCUT2D eigenvalue weighted by molar-refractivity contribution is -0.131. The topological polar surface area (TPSA) is 37.3 Å². The van der Waals surface area contributed by atoms with Crippen LogP contribution in [-0.2, 0) is 4.79 Å². The van der Waals surface area contributed by atoms with E-state index in [2.05, 4.69) is 0 Å². The van der Waals surface area contributed by atoms with Crippen molar-refractivity contribution in [3.05, 3.63) is 60.3 Å². The third kappa shape index (κ3) is 3.91. The number of hydrogen-bond donors (Lipinski definition) is 1. The molecule has 0 radical (unpaired) electrons. The fourth-order valence-corrected chi connectivity index (χ4v) is 0.860. The van der Waals surface area contributed by atoms with Crippen LogP contribution in [0.4, 0.5) is 0 Å². The highest BCUT2D eigenvalue weighted by Crippen LogP contribution is 2.02. The van der Waals surface area contributed by atoms with Crippen molar-refractivity contribution in [2.24, 2.45) is 0 Å². The number of rotatable bonds is 2. The summed E-state index contributed by atoms with van der Waals surface area (Å²) in [6.07, 6.45) is 15.8. The van der Waals surface area contributed by atoms with Gasteiger partial charge < -0.3 is 5.11 Å². The lowest BCUT2D eigenvalue weighted by atomic mass is 10.2. The molecule has 66 valence electrons. The van der Waals surface area contributed by atoms with Crippen LogP contribution in [0.2, 0.25) is 0 Å². The van der Waals surface area contributed by atoms with Gasteiger partial charge in [0.1, 0.15) is 0 Å². The predicted molar refractivity (Wildman–Crippen MR) is 52.3 cm³/mol. The van der Waals surface area contributed by atoms with Crippen LogP contribution in [0, 0.1) is 0 Å². The van der Waals surface area contributed by atoms with E-state index in [1.54, 1.807) is 6.08 Å². The van der Waals surface area contributed by atoms with Crippen LogP contribution < -0.4 is 0 Å². The zero-order valence-electron chi connectivity index (χ0n) is 7.05. The van der Waals surface area contributed by atoms with Gasteiger partial charge in [0.15, 0.2) is 0 Å². The van der Waals surface area contributed by atoms with E-state index in [1.807, 2.05) is 42.5 Å². The third-order valence-electron chi connectivity index (χ3n) is 1.44. The highest BCUT2D eigenvalue weighted by molar-refractivity contribution is 5.80. The standard InChI is InChI=1S/C11H10O2/c12-11(13)9-8-10-6-4-2-1-3-5-7-10/h1-9H,(H,12,13)/b2-1-,3-1?,4-2?,5-3-,6-4-,7-5?,9-8?,10-6?,10-7+. The van der Waals surface area contributed by atoms with E-state index in [9.17, 15) is 4.79 Å². The van der Waals surface area contributed by atoms with Crippen LogP contribution in [-0.4, -0.2) is 11.1 Å². The van der Waals surface area contributed by atoms with Crippen molar-refractivity contribution in [3.63, 3.8) is 0 Å². The molecule has 13 heavy (non-hydrogen) atoms. The number of allylic oxidation sites excluding steroid dienone is 9. The Hall–Kier alpha value is -1.83. The van der Waals surface area contributed by atoms with E-state index in [4.69, 9.17) is 5.11 Å². The van der Waals surface area contributed by atoms with Gasteiger partial charge in [-0.15, -0.1) is 0 Å². The molecule has 0 fully saturated rings. The quantitative estimate of drug-likeness (QED) is 0.652. The lowest BCUT2D eigenvalue weighted by Crippen LogP contribution is -1.86. The van der Waals surface area contributed by atoms with Crippen molar-refractivity contribution in [1.29, 1.82) is 0 Å². The van der Waals surface area contributed by atoms with Gasteiger partial charge in [-0.2, -0.15) is 0 Å². The van der Waals surface area contributed by atoms with Crippen molar-refractivity contribution in [2.45, 2.75) is 0 Å². The Balaban J connectivity index is 2.74. The van der Waals surface area contributed by atoms with Gasteiger partial charge in [-0.3, -0.25) is 0 Å². The Morgan fingerprint density at radius 1 is 1.15 bits per heavy atom. The summed E-state index contributed by atoms with van der Waals surface area (Å²) in [4.78, 5) is 10.2. The molecule has 1 aliphatic carbocycles. The van der Waals surface area contributed by atoms with E-state index in [0.29, 0.717) is 0 Å². The third-order valence-corrected chi connectivity index (χ3v) is 1.44. The molecule has 0 bridgehead atoms. The largest absolute Gasteiger partial charge is 0.478 e. The van der Waals surface area contributed by atoms with Crippen LogP contribution in [0.5, 0.6) is 0 Å². The van der Waals surface area contributed by atoms with Crippen molar-refractivity contribution in [2.75, 3.05) is 0 Å². The summed E-state index contributed by atoms with van der Waals surface area (Å²) in [6, 6.07) is 0. The van der Waals surface area contributed by atoms with Gasteiger partial charge in [-0.05, 0) is 11.6 Å². The maximum atomic E-state index is 10.2. The number of aliphatic carboxylic acids is 1. The van der Waals surface area contributed by atoms with Crippen LogP contribution in [0.25, 0.3) is 0 Å². The zero-order chi connectivity index (χ0) is 9.52. The molecule has 2 nitrogen and oxygen atoms in total. The van der Waals surface area contributed by atoms with E-state index in [0.717, 1.165) is 11.6 Å². The first-order valence-electron chi connectivity index (χ1n) is 3.92. The average molecular weight is 174 g/mol. The Morgan fingerprint density at radius 2 is 1.85 bits per heavy atom. The molecule has 0 saturated carbocycles. The molecule has 0 aromatic rings. The summed E-state index contributed by atoms with van der Waals surface area (Å²) in [5.41, 5.74) is 0.864. The number of hydrogen-bond acceptors (Lipinski definition) is 1. The molecule has 0 atom stereocenters. The first-order valence-corrected chi connectivity index (χ1v) is 3.92. The summed E-state index contributed by atoms with van der Waals surface area (Å²) in [7, 11) is 0. The first kappa shape index (κ1) is 9.26. The molecule has 0 amide bonds. The molecular weight excluding hydrogens is 164 g/mol. The van der Waals surface area contributed by atoms with Gasteiger partial charge in [0.05, 0.1) is 0 Å². The minimum Gasteiger partial charge on any atom is -0.478 e. The highest BCUT2D eigenvalue weighted by atomic mass is 16.4. The Labute approximate surface area is 76.9 Å². The van der Waals surface area contributed by atoms with Crippen molar-refractivity contribution in [1.82, 2.24) is 0 Å². The van der Waals surface area contributed by atoms with Crippen molar-refractivity contribution < 1.29 is 9.90 Å². The van der Waals surface area contributed by atoms with E-state index < -0.39 is 5.97 Å². The van der Waals surface area contributed by atoms with E-state index >= 15 is 0 Å². The SMILES string of the molecule is O=C(O)C=CC1=C/C=C\C=C/C=C\1. The van der Waals surface area contributed by atoms with Gasteiger partial charge in [0.2, 0.25) is 0 Å².